The fraction of sp³-hybridized carbons (Fsp3) is 0.455. The van der Waals surface area contributed by atoms with Crippen molar-refractivity contribution in [1.29, 1.82) is 0 Å². The average molecular weight is 193 g/mol. The van der Waals surface area contributed by atoms with Crippen LogP contribution in [-0.4, -0.2) is 24.8 Å². The van der Waals surface area contributed by atoms with Gasteiger partial charge in [0.25, 0.3) is 0 Å². The van der Waals surface area contributed by atoms with Gasteiger partial charge in [-0.2, -0.15) is 0 Å². The molecule has 2 N–H and O–H groups in total. The number of phenolic OH excluding ortho intramolecular Hbond substituents is 1. The highest BCUT2D eigenvalue weighted by molar-refractivity contribution is 5.46. The summed E-state index contributed by atoms with van der Waals surface area (Å²) in [4.78, 5) is 0. The van der Waals surface area contributed by atoms with Crippen molar-refractivity contribution < 1.29 is 9.84 Å². The van der Waals surface area contributed by atoms with Gasteiger partial charge in [0.1, 0.15) is 17.6 Å². The number of ether oxygens (including phenoxy) is 1. The first kappa shape index (κ1) is 9.34. The lowest BCUT2D eigenvalue weighted by molar-refractivity contribution is 0.221. The molecule has 0 amide bonds. The first-order valence-electron chi connectivity index (χ1n) is 4.93. The molecule has 3 heteroatoms. The molecular weight excluding hydrogens is 178 g/mol. The number of nitrogens with one attached hydrogen (secondary N) is 1. The van der Waals surface area contributed by atoms with Gasteiger partial charge in [0.05, 0.1) is 0 Å². The number of rotatable bonds is 3. The van der Waals surface area contributed by atoms with Crippen molar-refractivity contribution in [2.75, 3.05) is 13.6 Å². The van der Waals surface area contributed by atoms with E-state index in [-0.39, 0.29) is 6.10 Å². The highest BCUT2D eigenvalue weighted by atomic mass is 16.5. The van der Waals surface area contributed by atoms with Crippen LogP contribution in [0.1, 0.15) is 12.0 Å². The Hall–Kier alpha value is -1.22. The largest absolute Gasteiger partial charge is 0.508 e. The van der Waals surface area contributed by atoms with Gasteiger partial charge in [-0.15, -0.1) is 0 Å². The molecule has 76 valence electrons. The maximum Gasteiger partial charge on any atom is 0.126 e. The third kappa shape index (κ3) is 1.68. The van der Waals surface area contributed by atoms with Crippen molar-refractivity contribution in [3.05, 3.63) is 23.8 Å². The predicted molar refractivity (Wildman–Crippen MR) is 54.8 cm³/mol. The van der Waals surface area contributed by atoms with Crippen LogP contribution < -0.4 is 10.1 Å². The molecule has 1 aromatic rings. The highest BCUT2D eigenvalue weighted by Crippen LogP contribution is 2.35. The number of hydrogen-bond acceptors (Lipinski definition) is 3. The minimum absolute atomic E-state index is 0.214. The molecule has 1 heterocycles. The van der Waals surface area contributed by atoms with Crippen molar-refractivity contribution >= 4 is 0 Å². The molecule has 1 unspecified atom stereocenters. The normalized spacial score (nSPS) is 19.1. The summed E-state index contributed by atoms with van der Waals surface area (Å²) in [5.74, 6) is 1.19. The fourth-order valence-corrected chi connectivity index (χ4v) is 1.78. The Morgan fingerprint density at radius 2 is 2.43 bits per heavy atom. The molecule has 1 aliphatic rings. The van der Waals surface area contributed by atoms with E-state index in [1.54, 1.807) is 6.07 Å². The van der Waals surface area contributed by atoms with E-state index >= 15 is 0 Å². The van der Waals surface area contributed by atoms with Crippen LogP contribution in [0, 0.1) is 0 Å². The molecule has 14 heavy (non-hydrogen) atoms. The second-order valence-electron chi connectivity index (χ2n) is 3.59. The maximum atomic E-state index is 9.58. The highest BCUT2D eigenvalue weighted by Gasteiger charge is 2.24. The van der Waals surface area contributed by atoms with Crippen LogP contribution in [0.25, 0.3) is 0 Å². The van der Waals surface area contributed by atoms with Crippen LogP contribution >= 0.6 is 0 Å². The van der Waals surface area contributed by atoms with Crippen molar-refractivity contribution in [1.82, 2.24) is 5.32 Å². The van der Waals surface area contributed by atoms with Crippen LogP contribution in [0.5, 0.6) is 11.5 Å². The lowest BCUT2D eigenvalue weighted by Crippen LogP contribution is -2.20. The molecule has 0 aromatic heterocycles. The van der Waals surface area contributed by atoms with E-state index in [1.807, 2.05) is 19.2 Å². The predicted octanol–water partition coefficient (Wildman–Crippen LogP) is 1.31. The second kappa shape index (κ2) is 3.88. The van der Waals surface area contributed by atoms with Crippen LogP contribution in [-0.2, 0) is 6.42 Å². The van der Waals surface area contributed by atoms with Crippen LogP contribution in [0.15, 0.2) is 18.2 Å². The number of fused-ring (bicyclic) bond motifs is 1. The fourth-order valence-electron chi connectivity index (χ4n) is 1.78. The standard InChI is InChI=1S/C11H15NO2/c1-12-6-5-8-7-9-10(13)3-2-4-11(9)14-8/h2-4,8,12-13H,5-7H2,1H3. The van der Waals surface area contributed by atoms with Crippen molar-refractivity contribution in [2.24, 2.45) is 0 Å². The van der Waals surface area contributed by atoms with Crippen LogP contribution in [0.4, 0.5) is 0 Å². The van der Waals surface area contributed by atoms with Crippen LogP contribution in [0.2, 0.25) is 0 Å². The molecule has 1 aliphatic heterocycles. The van der Waals surface area contributed by atoms with Crippen molar-refractivity contribution in [3.8, 4) is 11.5 Å². The Morgan fingerprint density at radius 3 is 3.14 bits per heavy atom. The molecule has 2 rings (SSSR count). The number of aromatic hydroxyl groups is 1. The summed E-state index contributed by atoms with van der Waals surface area (Å²) in [7, 11) is 1.93. The summed E-state index contributed by atoms with van der Waals surface area (Å²) in [5, 5.41) is 12.7. The first-order chi connectivity index (χ1) is 6.81. The molecule has 0 saturated carbocycles. The van der Waals surface area contributed by atoms with Gasteiger partial charge in [0.15, 0.2) is 0 Å². The van der Waals surface area contributed by atoms with Gasteiger partial charge in [0, 0.05) is 12.0 Å². The van der Waals surface area contributed by atoms with Gasteiger partial charge >= 0.3 is 0 Å². The van der Waals surface area contributed by atoms with Gasteiger partial charge in [-0.1, -0.05) is 6.07 Å². The van der Waals surface area contributed by atoms with E-state index in [2.05, 4.69) is 5.32 Å². The Kier molecular flexibility index (Phi) is 2.59. The average Bonchev–Trinajstić information content (AvgIpc) is 2.59. The minimum Gasteiger partial charge on any atom is -0.508 e. The monoisotopic (exact) mass is 193 g/mol. The third-order valence-corrected chi connectivity index (χ3v) is 2.55. The number of phenols is 1. The molecule has 0 spiro atoms. The SMILES string of the molecule is CNCCC1Cc2c(O)cccc2O1. The maximum absolute atomic E-state index is 9.58. The van der Waals surface area contributed by atoms with E-state index in [0.717, 1.165) is 30.7 Å². The number of hydrogen-bond donors (Lipinski definition) is 2. The lowest BCUT2D eigenvalue weighted by Gasteiger charge is -2.09. The zero-order valence-corrected chi connectivity index (χ0v) is 8.29. The quantitative estimate of drug-likeness (QED) is 0.760. The molecule has 0 radical (unpaired) electrons. The molecule has 3 nitrogen and oxygen atoms in total. The van der Waals surface area contributed by atoms with Crippen LogP contribution in [0.3, 0.4) is 0 Å². The molecule has 0 bridgehead atoms. The summed E-state index contributed by atoms with van der Waals surface area (Å²) in [5.41, 5.74) is 0.952. The summed E-state index contributed by atoms with van der Waals surface area (Å²) >= 11 is 0. The molecular formula is C11H15NO2. The van der Waals surface area contributed by atoms with Gasteiger partial charge in [-0.05, 0) is 32.1 Å². The summed E-state index contributed by atoms with van der Waals surface area (Å²) in [6.07, 6.45) is 2.01. The zero-order chi connectivity index (χ0) is 9.97. The molecule has 0 aliphatic carbocycles. The second-order valence-corrected chi connectivity index (χ2v) is 3.59. The topological polar surface area (TPSA) is 41.5 Å². The summed E-state index contributed by atoms with van der Waals surface area (Å²) in [6, 6.07) is 5.44. The Labute approximate surface area is 83.7 Å². The summed E-state index contributed by atoms with van der Waals surface area (Å²) < 4.78 is 5.69. The summed E-state index contributed by atoms with van der Waals surface area (Å²) in [6.45, 7) is 0.944. The number of benzene rings is 1. The Balaban J connectivity index is 2.06. The van der Waals surface area contributed by atoms with Gasteiger partial charge in [-0.25, -0.2) is 0 Å². The molecule has 1 aromatic carbocycles. The van der Waals surface area contributed by atoms with E-state index in [1.165, 1.54) is 0 Å². The van der Waals surface area contributed by atoms with Gasteiger partial charge < -0.3 is 15.2 Å². The zero-order valence-electron chi connectivity index (χ0n) is 8.29. The van der Waals surface area contributed by atoms with E-state index < -0.39 is 0 Å². The van der Waals surface area contributed by atoms with Gasteiger partial charge in [-0.3, -0.25) is 0 Å². The Morgan fingerprint density at radius 1 is 1.57 bits per heavy atom. The Bertz CT molecular complexity index is 325. The lowest BCUT2D eigenvalue weighted by atomic mass is 10.1. The van der Waals surface area contributed by atoms with E-state index in [4.69, 9.17) is 4.74 Å². The minimum atomic E-state index is 0.214. The molecule has 0 saturated heterocycles. The first-order valence-corrected chi connectivity index (χ1v) is 4.93. The smallest absolute Gasteiger partial charge is 0.126 e. The molecule has 0 fully saturated rings. The molecule has 1 atom stereocenters. The van der Waals surface area contributed by atoms with Crippen molar-refractivity contribution in [3.63, 3.8) is 0 Å². The van der Waals surface area contributed by atoms with E-state index in [9.17, 15) is 5.11 Å². The van der Waals surface area contributed by atoms with Crippen molar-refractivity contribution in [2.45, 2.75) is 18.9 Å². The third-order valence-electron chi connectivity index (χ3n) is 2.55. The van der Waals surface area contributed by atoms with E-state index in [0.29, 0.717) is 5.75 Å². The van der Waals surface area contributed by atoms with Gasteiger partial charge in [0.2, 0.25) is 0 Å².